The van der Waals surface area contributed by atoms with Gasteiger partial charge in [-0.05, 0) is 46.6 Å². The number of carbonyl (C=O) groups excluding carboxylic acids is 1. The van der Waals surface area contributed by atoms with Crippen molar-refractivity contribution in [3.63, 3.8) is 0 Å². The molecule has 0 fully saturated rings. The van der Waals surface area contributed by atoms with Gasteiger partial charge in [0, 0.05) is 10.2 Å². The van der Waals surface area contributed by atoms with Crippen molar-refractivity contribution in [2.24, 2.45) is 0 Å². The molecule has 0 bridgehead atoms. The molecule has 0 heterocycles. The average molecular weight is 348 g/mol. The molecule has 108 valence electrons. The molecule has 0 spiro atoms. The number of benzene rings is 2. The molecule has 4 nitrogen and oxygen atoms in total. The van der Waals surface area contributed by atoms with Crippen LogP contribution in [0.15, 0.2) is 53.0 Å². The van der Waals surface area contributed by atoms with Crippen LogP contribution in [-0.2, 0) is 4.79 Å². The van der Waals surface area contributed by atoms with Gasteiger partial charge in [-0.3, -0.25) is 14.5 Å². The third-order valence-electron chi connectivity index (χ3n) is 3.03. The summed E-state index contributed by atoms with van der Waals surface area (Å²) in [5.41, 5.74) is 1.92. The minimum Gasteiger partial charge on any atom is -0.480 e. The van der Waals surface area contributed by atoms with Crippen LogP contribution in [0, 0.1) is 6.92 Å². The monoisotopic (exact) mass is 347 g/mol. The van der Waals surface area contributed by atoms with Crippen LogP contribution in [0.1, 0.15) is 15.9 Å². The second kappa shape index (κ2) is 6.54. The minimum absolute atomic E-state index is 0.348. The number of anilines is 1. The number of carboxylic acid groups (broad SMARTS) is 1. The van der Waals surface area contributed by atoms with Gasteiger partial charge in [-0.15, -0.1) is 0 Å². The van der Waals surface area contributed by atoms with E-state index in [1.807, 2.05) is 19.1 Å². The molecule has 2 rings (SSSR count). The first-order chi connectivity index (χ1) is 10.0. The maximum Gasteiger partial charge on any atom is 0.323 e. The summed E-state index contributed by atoms with van der Waals surface area (Å²) >= 11 is 3.39. The molecule has 5 heteroatoms. The summed E-state index contributed by atoms with van der Waals surface area (Å²) in [6.45, 7) is 1.49. The van der Waals surface area contributed by atoms with E-state index in [0.717, 1.165) is 5.56 Å². The Morgan fingerprint density at radius 3 is 2.38 bits per heavy atom. The van der Waals surface area contributed by atoms with Crippen LogP contribution in [0.4, 0.5) is 5.69 Å². The highest BCUT2D eigenvalue weighted by Crippen LogP contribution is 2.24. The molecule has 21 heavy (non-hydrogen) atoms. The molecule has 0 aliphatic rings. The third kappa shape index (κ3) is 3.49. The van der Waals surface area contributed by atoms with Crippen LogP contribution in [0.3, 0.4) is 0 Å². The topological polar surface area (TPSA) is 57.6 Å². The predicted molar refractivity (Wildman–Crippen MR) is 84.6 cm³/mol. The van der Waals surface area contributed by atoms with Crippen LogP contribution in [0.2, 0.25) is 0 Å². The normalized spacial score (nSPS) is 10.2. The number of rotatable bonds is 4. The first-order valence-electron chi connectivity index (χ1n) is 6.34. The van der Waals surface area contributed by atoms with E-state index in [2.05, 4.69) is 15.9 Å². The Balaban J connectivity index is 2.44. The second-order valence-corrected chi connectivity index (χ2v) is 5.35. The number of nitrogens with zero attached hydrogens (tertiary/aromatic N) is 1. The highest BCUT2D eigenvalue weighted by Gasteiger charge is 2.22. The van der Waals surface area contributed by atoms with Gasteiger partial charge in [0.2, 0.25) is 0 Å². The van der Waals surface area contributed by atoms with Gasteiger partial charge in [-0.25, -0.2) is 0 Å². The predicted octanol–water partition coefficient (Wildman–Crippen LogP) is 3.49. The quantitative estimate of drug-likeness (QED) is 0.920. The zero-order chi connectivity index (χ0) is 15.4. The van der Waals surface area contributed by atoms with Crippen molar-refractivity contribution in [2.45, 2.75) is 6.92 Å². The molecule has 0 atom stereocenters. The lowest BCUT2D eigenvalue weighted by atomic mass is 10.1. The van der Waals surface area contributed by atoms with Gasteiger partial charge in [0.25, 0.3) is 5.91 Å². The number of carbonyl (C=O) groups is 2. The summed E-state index contributed by atoms with van der Waals surface area (Å²) in [7, 11) is 0. The van der Waals surface area contributed by atoms with Gasteiger partial charge in [-0.2, -0.15) is 0 Å². The van der Waals surface area contributed by atoms with E-state index in [0.29, 0.717) is 15.7 Å². The standard InChI is InChI=1S/C16H14BrNO3/c1-11-6-5-9-13(15(11)17)16(21)18(10-14(19)20)12-7-3-2-4-8-12/h2-9H,10H2,1H3,(H,19,20). The molecule has 0 aliphatic heterocycles. The fourth-order valence-corrected chi connectivity index (χ4v) is 2.42. The lowest BCUT2D eigenvalue weighted by molar-refractivity contribution is -0.135. The minimum atomic E-state index is -1.06. The first kappa shape index (κ1) is 15.3. The number of hydrogen-bond donors (Lipinski definition) is 1. The molecule has 2 aromatic carbocycles. The number of aliphatic carboxylic acids is 1. The Morgan fingerprint density at radius 2 is 1.76 bits per heavy atom. The summed E-state index contributed by atoms with van der Waals surface area (Å²) in [5.74, 6) is -1.41. The van der Waals surface area contributed by atoms with Crippen molar-refractivity contribution in [3.8, 4) is 0 Å². The number of hydrogen-bond acceptors (Lipinski definition) is 2. The number of halogens is 1. The maximum atomic E-state index is 12.7. The van der Waals surface area contributed by atoms with Gasteiger partial charge >= 0.3 is 5.97 Å². The molecule has 0 saturated carbocycles. The fraction of sp³-hybridized carbons (Fsp3) is 0.125. The first-order valence-corrected chi connectivity index (χ1v) is 7.14. The van der Waals surface area contributed by atoms with Crippen molar-refractivity contribution in [1.29, 1.82) is 0 Å². The van der Waals surface area contributed by atoms with Crippen molar-refractivity contribution < 1.29 is 14.7 Å². The molecule has 2 aromatic rings. The molecule has 0 aromatic heterocycles. The Bertz CT molecular complexity index is 670. The van der Waals surface area contributed by atoms with Crippen molar-refractivity contribution in [2.75, 3.05) is 11.4 Å². The fourth-order valence-electron chi connectivity index (χ4n) is 1.98. The summed E-state index contributed by atoms with van der Waals surface area (Å²) in [4.78, 5) is 25.0. The lowest BCUT2D eigenvalue weighted by Gasteiger charge is -2.21. The van der Waals surface area contributed by atoms with Crippen molar-refractivity contribution in [1.82, 2.24) is 0 Å². The smallest absolute Gasteiger partial charge is 0.323 e. The van der Waals surface area contributed by atoms with E-state index >= 15 is 0 Å². The molecular weight excluding hydrogens is 334 g/mol. The van der Waals surface area contributed by atoms with Crippen LogP contribution in [0.25, 0.3) is 0 Å². The summed E-state index contributed by atoms with van der Waals surface area (Å²) in [6, 6.07) is 14.1. The maximum absolute atomic E-state index is 12.7. The van der Waals surface area contributed by atoms with E-state index in [9.17, 15) is 9.59 Å². The van der Waals surface area contributed by atoms with E-state index in [4.69, 9.17) is 5.11 Å². The summed E-state index contributed by atoms with van der Waals surface area (Å²) < 4.78 is 0.682. The Hall–Kier alpha value is -2.14. The highest BCUT2D eigenvalue weighted by atomic mass is 79.9. The van der Waals surface area contributed by atoms with E-state index in [1.54, 1.807) is 36.4 Å². The summed E-state index contributed by atoms with van der Waals surface area (Å²) in [5, 5.41) is 9.06. The van der Waals surface area contributed by atoms with E-state index in [-0.39, 0.29) is 12.5 Å². The number of aryl methyl sites for hydroxylation is 1. The Morgan fingerprint density at radius 1 is 1.10 bits per heavy atom. The second-order valence-electron chi connectivity index (χ2n) is 4.56. The summed E-state index contributed by atoms with van der Waals surface area (Å²) in [6.07, 6.45) is 0. The zero-order valence-electron chi connectivity index (χ0n) is 11.4. The van der Waals surface area contributed by atoms with Crippen LogP contribution in [-0.4, -0.2) is 23.5 Å². The SMILES string of the molecule is Cc1cccc(C(=O)N(CC(=O)O)c2ccccc2)c1Br. The number of para-hydroxylation sites is 1. The lowest BCUT2D eigenvalue weighted by Crippen LogP contribution is -2.36. The van der Waals surface area contributed by atoms with Gasteiger partial charge < -0.3 is 5.11 Å². The zero-order valence-corrected chi connectivity index (χ0v) is 13.0. The molecule has 1 amide bonds. The van der Waals surface area contributed by atoms with Crippen molar-refractivity contribution in [3.05, 3.63) is 64.1 Å². The molecule has 0 aliphatic carbocycles. The van der Waals surface area contributed by atoms with Crippen LogP contribution in [0.5, 0.6) is 0 Å². The Labute approximate surface area is 131 Å². The molecular formula is C16H14BrNO3. The highest BCUT2D eigenvalue weighted by molar-refractivity contribution is 9.10. The third-order valence-corrected chi connectivity index (χ3v) is 4.08. The molecule has 0 saturated heterocycles. The van der Waals surface area contributed by atoms with Crippen LogP contribution >= 0.6 is 15.9 Å². The van der Waals surface area contributed by atoms with Gasteiger partial charge in [0.05, 0.1) is 5.56 Å². The largest absolute Gasteiger partial charge is 0.480 e. The Kier molecular flexibility index (Phi) is 4.75. The molecule has 0 unspecified atom stereocenters. The molecule has 0 radical (unpaired) electrons. The van der Waals surface area contributed by atoms with Gasteiger partial charge in [0.15, 0.2) is 0 Å². The number of amides is 1. The average Bonchev–Trinajstić information content (AvgIpc) is 2.48. The van der Waals surface area contributed by atoms with E-state index in [1.165, 1.54) is 4.90 Å². The van der Waals surface area contributed by atoms with Crippen molar-refractivity contribution >= 4 is 33.5 Å². The van der Waals surface area contributed by atoms with Gasteiger partial charge in [-0.1, -0.05) is 30.3 Å². The molecule has 1 N–H and O–H groups in total. The number of carboxylic acids is 1. The van der Waals surface area contributed by atoms with Gasteiger partial charge in [0.1, 0.15) is 6.54 Å². The van der Waals surface area contributed by atoms with E-state index < -0.39 is 5.97 Å². The van der Waals surface area contributed by atoms with Crippen LogP contribution < -0.4 is 4.90 Å².